The second kappa shape index (κ2) is 7.14. The number of hydrogen-bond acceptors (Lipinski definition) is 6. The highest BCUT2D eigenvalue weighted by Gasteiger charge is 2.13. The summed E-state index contributed by atoms with van der Waals surface area (Å²) in [7, 11) is -0.733. The Hall–Kier alpha value is -2.87. The molecule has 0 unspecified atom stereocenters. The number of benzene rings is 2. The number of rotatable bonds is 6. The normalized spacial score (nSPS) is 11.4. The van der Waals surface area contributed by atoms with Crippen LogP contribution in [0.25, 0.3) is 6.08 Å². The van der Waals surface area contributed by atoms with Crippen LogP contribution < -0.4 is 9.47 Å². The molecular weight excluding hydrogens is 334 g/mol. The predicted octanol–water partition coefficient (Wildman–Crippen LogP) is 3.06. The zero-order valence-electron chi connectivity index (χ0n) is 13.0. The Bertz CT molecular complexity index is 850. The SMILES string of the molecule is COc1cc(/C=C/S(=O)(=O)c2ccc([N+](=O)[O-])cc2)cc(OC)c1. The number of non-ortho nitro benzene ring substituents is 1. The van der Waals surface area contributed by atoms with Gasteiger partial charge in [0.15, 0.2) is 9.84 Å². The summed E-state index contributed by atoms with van der Waals surface area (Å²) in [4.78, 5) is 9.99. The molecule has 0 aromatic heterocycles. The number of hydrogen-bond donors (Lipinski definition) is 0. The molecule has 0 amide bonds. The number of sulfone groups is 1. The van der Waals surface area contributed by atoms with E-state index in [0.29, 0.717) is 17.1 Å². The average molecular weight is 349 g/mol. The second-order valence-corrected chi connectivity index (χ2v) is 6.58. The highest BCUT2D eigenvalue weighted by molar-refractivity contribution is 7.94. The fraction of sp³-hybridized carbons (Fsp3) is 0.125. The van der Waals surface area contributed by atoms with Gasteiger partial charge in [-0.1, -0.05) is 0 Å². The Labute approximate surface area is 139 Å². The molecule has 8 heteroatoms. The van der Waals surface area contributed by atoms with Crippen LogP contribution in [0.1, 0.15) is 5.56 Å². The highest BCUT2D eigenvalue weighted by atomic mass is 32.2. The third kappa shape index (κ3) is 4.11. The quantitative estimate of drug-likeness (QED) is 0.587. The molecular formula is C16H15NO6S. The molecule has 0 aliphatic rings. The van der Waals surface area contributed by atoms with Gasteiger partial charge in [-0.2, -0.15) is 0 Å². The van der Waals surface area contributed by atoms with E-state index in [2.05, 4.69) is 0 Å². The van der Waals surface area contributed by atoms with Crippen LogP contribution in [0.15, 0.2) is 52.8 Å². The zero-order chi connectivity index (χ0) is 17.7. The van der Waals surface area contributed by atoms with Gasteiger partial charge in [-0.15, -0.1) is 0 Å². The summed E-state index contributed by atoms with van der Waals surface area (Å²) in [6.45, 7) is 0. The van der Waals surface area contributed by atoms with E-state index >= 15 is 0 Å². The molecule has 7 nitrogen and oxygen atoms in total. The Morgan fingerprint density at radius 3 is 2.00 bits per heavy atom. The Morgan fingerprint density at radius 2 is 1.54 bits per heavy atom. The molecule has 2 aromatic rings. The molecule has 0 saturated carbocycles. The summed E-state index contributed by atoms with van der Waals surface area (Å²) < 4.78 is 34.8. The van der Waals surface area contributed by atoms with Gasteiger partial charge in [0.05, 0.1) is 24.0 Å². The van der Waals surface area contributed by atoms with Crippen molar-refractivity contribution in [1.82, 2.24) is 0 Å². The monoisotopic (exact) mass is 349 g/mol. The first kappa shape index (κ1) is 17.5. The lowest BCUT2D eigenvalue weighted by Crippen LogP contribution is -1.97. The van der Waals surface area contributed by atoms with Crippen LogP contribution in [-0.2, 0) is 9.84 Å². The lowest BCUT2D eigenvalue weighted by Gasteiger charge is -2.06. The summed E-state index contributed by atoms with van der Waals surface area (Å²) in [5.74, 6) is 1.06. The van der Waals surface area contributed by atoms with Crippen molar-refractivity contribution in [2.75, 3.05) is 14.2 Å². The smallest absolute Gasteiger partial charge is 0.269 e. The first-order valence-corrected chi connectivity index (χ1v) is 8.31. The largest absolute Gasteiger partial charge is 0.497 e. The van der Waals surface area contributed by atoms with E-state index in [-0.39, 0.29) is 10.6 Å². The van der Waals surface area contributed by atoms with Gasteiger partial charge in [0.1, 0.15) is 11.5 Å². The molecule has 2 rings (SSSR count). The van der Waals surface area contributed by atoms with Gasteiger partial charge in [0.25, 0.3) is 5.69 Å². The van der Waals surface area contributed by atoms with Gasteiger partial charge in [-0.3, -0.25) is 10.1 Å². The number of nitro benzene ring substituents is 1. The minimum absolute atomic E-state index is 0.0285. The van der Waals surface area contributed by atoms with E-state index in [0.717, 1.165) is 17.5 Å². The van der Waals surface area contributed by atoms with Crippen molar-refractivity contribution in [3.8, 4) is 11.5 Å². The van der Waals surface area contributed by atoms with Crippen molar-refractivity contribution < 1.29 is 22.8 Å². The molecule has 0 bridgehead atoms. The van der Waals surface area contributed by atoms with Crippen LogP contribution in [0.3, 0.4) is 0 Å². The average Bonchev–Trinajstić information content (AvgIpc) is 2.59. The molecule has 0 radical (unpaired) electrons. The van der Waals surface area contributed by atoms with Crippen molar-refractivity contribution in [3.63, 3.8) is 0 Å². The van der Waals surface area contributed by atoms with Crippen molar-refractivity contribution in [2.24, 2.45) is 0 Å². The molecule has 2 aromatic carbocycles. The maximum Gasteiger partial charge on any atom is 0.269 e. The van der Waals surface area contributed by atoms with E-state index in [1.54, 1.807) is 18.2 Å². The van der Waals surface area contributed by atoms with Crippen molar-refractivity contribution in [2.45, 2.75) is 4.90 Å². The molecule has 0 spiro atoms. The standard InChI is InChI=1S/C16H15NO6S/c1-22-14-9-12(10-15(11-14)23-2)7-8-24(20,21)16-5-3-13(4-6-16)17(18)19/h3-11H,1-2H3/b8-7+. The lowest BCUT2D eigenvalue weighted by atomic mass is 10.2. The molecule has 24 heavy (non-hydrogen) atoms. The summed E-state index contributed by atoms with van der Waals surface area (Å²) >= 11 is 0. The summed E-state index contributed by atoms with van der Waals surface area (Å²) in [5, 5.41) is 11.6. The van der Waals surface area contributed by atoms with Crippen LogP contribution in [-0.4, -0.2) is 27.6 Å². The fourth-order valence-corrected chi connectivity index (χ4v) is 2.94. The van der Waals surface area contributed by atoms with Gasteiger partial charge in [-0.05, 0) is 35.9 Å². The topological polar surface area (TPSA) is 95.7 Å². The first-order chi connectivity index (χ1) is 11.4. The van der Waals surface area contributed by atoms with Crippen molar-refractivity contribution >= 4 is 21.6 Å². The molecule has 126 valence electrons. The third-order valence-electron chi connectivity index (χ3n) is 3.19. The van der Waals surface area contributed by atoms with Gasteiger partial charge in [-0.25, -0.2) is 8.42 Å². The van der Waals surface area contributed by atoms with Crippen LogP contribution >= 0.6 is 0 Å². The lowest BCUT2D eigenvalue weighted by molar-refractivity contribution is -0.384. The third-order valence-corrected chi connectivity index (χ3v) is 4.61. The van der Waals surface area contributed by atoms with Crippen LogP contribution in [0.5, 0.6) is 11.5 Å². The summed E-state index contributed by atoms with van der Waals surface area (Å²) in [5.41, 5.74) is 0.409. The van der Waals surface area contributed by atoms with Crippen molar-refractivity contribution in [3.05, 3.63) is 63.6 Å². The molecule has 0 atom stereocenters. The molecule has 0 saturated heterocycles. The molecule has 0 aliphatic heterocycles. The number of methoxy groups -OCH3 is 2. The van der Waals surface area contributed by atoms with Crippen molar-refractivity contribution in [1.29, 1.82) is 0 Å². The summed E-state index contributed by atoms with van der Waals surface area (Å²) in [6.07, 6.45) is 1.40. The fourth-order valence-electron chi connectivity index (χ4n) is 1.93. The maximum absolute atomic E-state index is 12.3. The van der Waals surface area contributed by atoms with Crippen LogP contribution in [0.2, 0.25) is 0 Å². The molecule has 0 N–H and O–H groups in total. The van der Waals surface area contributed by atoms with E-state index in [9.17, 15) is 18.5 Å². The number of ether oxygens (including phenoxy) is 2. The first-order valence-electron chi connectivity index (χ1n) is 6.76. The maximum atomic E-state index is 12.3. The Balaban J connectivity index is 2.31. The summed E-state index contributed by atoms with van der Waals surface area (Å²) in [6, 6.07) is 9.68. The van der Waals surface area contributed by atoms with Crippen LogP contribution in [0.4, 0.5) is 5.69 Å². The Morgan fingerprint density at radius 1 is 1.00 bits per heavy atom. The second-order valence-electron chi connectivity index (χ2n) is 4.74. The van der Waals surface area contributed by atoms with Gasteiger partial charge >= 0.3 is 0 Å². The van der Waals surface area contributed by atoms with E-state index in [1.807, 2.05) is 0 Å². The molecule has 0 heterocycles. The zero-order valence-corrected chi connectivity index (χ0v) is 13.8. The number of nitrogens with zero attached hydrogens (tertiary/aromatic N) is 1. The van der Waals surface area contributed by atoms with E-state index in [1.165, 1.54) is 32.4 Å². The molecule has 0 fully saturated rings. The predicted molar refractivity (Wildman–Crippen MR) is 88.9 cm³/mol. The van der Waals surface area contributed by atoms with Gasteiger partial charge < -0.3 is 9.47 Å². The van der Waals surface area contributed by atoms with Gasteiger partial charge in [0, 0.05) is 23.6 Å². The van der Waals surface area contributed by atoms with Crippen LogP contribution in [0, 0.1) is 10.1 Å². The van der Waals surface area contributed by atoms with E-state index < -0.39 is 14.8 Å². The Kier molecular flexibility index (Phi) is 5.20. The highest BCUT2D eigenvalue weighted by Crippen LogP contribution is 2.24. The molecule has 0 aliphatic carbocycles. The minimum atomic E-state index is -3.72. The van der Waals surface area contributed by atoms with E-state index in [4.69, 9.17) is 9.47 Å². The number of nitro groups is 1. The van der Waals surface area contributed by atoms with Gasteiger partial charge in [0.2, 0.25) is 0 Å². The minimum Gasteiger partial charge on any atom is -0.497 e.